The van der Waals surface area contributed by atoms with E-state index in [1.165, 1.54) is 6.92 Å². The average molecular weight is 409 g/mol. The second kappa shape index (κ2) is 6.07. The number of hydrogen-bond acceptors (Lipinski definition) is 0. The summed E-state index contributed by atoms with van der Waals surface area (Å²) < 4.78 is 106. The fourth-order valence-electron chi connectivity index (χ4n) is 2.48. The molecule has 3 unspecified atom stereocenters. The van der Waals surface area contributed by atoms with E-state index in [1.54, 1.807) is 0 Å². The smallest absolute Gasteiger partial charge is 0.238 e. The number of hydrogen-bond donors (Lipinski definition) is 0. The summed E-state index contributed by atoms with van der Waals surface area (Å²) >= 11 is 2.76. The minimum atomic E-state index is -4.73. The predicted molar refractivity (Wildman–Crippen MR) is 71.0 cm³/mol. The van der Waals surface area contributed by atoms with Gasteiger partial charge in [0.15, 0.2) is 29.8 Å². The molecule has 0 saturated carbocycles. The lowest BCUT2D eigenvalue weighted by Gasteiger charge is -2.30. The zero-order chi connectivity index (χ0) is 17.7. The molecule has 0 nitrogen and oxygen atoms in total. The van der Waals surface area contributed by atoms with E-state index in [4.69, 9.17) is 0 Å². The Labute approximate surface area is 134 Å². The largest absolute Gasteiger partial charge is 0.396 e. The van der Waals surface area contributed by atoms with E-state index in [0.29, 0.717) is 0 Å². The molecule has 0 N–H and O–H groups in total. The van der Waals surface area contributed by atoms with Gasteiger partial charge in [-0.15, -0.1) is 0 Å². The predicted octanol–water partition coefficient (Wildman–Crippen LogP) is 6.23. The summed E-state index contributed by atoms with van der Waals surface area (Å²) in [6.07, 6.45) is -10.7. The van der Waals surface area contributed by atoms with Crippen LogP contribution < -0.4 is 0 Å². The molecule has 0 aromatic heterocycles. The highest BCUT2D eigenvalue weighted by Crippen LogP contribution is 2.48. The highest BCUT2D eigenvalue weighted by Gasteiger charge is 2.47. The lowest BCUT2D eigenvalue weighted by molar-refractivity contribution is -0.161. The van der Waals surface area contributed by atoms with Crippen LogP contribution >= 0.6 is 15.9 Å². The van der Waals surface area contributed by atoms with E-state index in [1.807, 2.05) is 0 Å². The Balaban J connectivity index is 2.56. The van der Waals surface area contributed by atoms with Crippen LogP contribution in [-0.2, 0) is 0 Å². The number of rotatable bonds is 1. The molecule has 0 radical (unpaired) electrons. The Morgan fingerprint density at radius 3 is 2.13 bits per heavy atom. The first-order chi connectivity index (χ1) is 10.5. The van der Waals surface area contributed by atoms with Gasteiger partial charge in [0.05, 0.1) is 5.92 Å². The maximum atomic E-state index is 13.9. The van der Waals surface area contributed by atoms with E-state index in [-0.39, 0.29) is 10.1 Å². The summed E-state index contributed by atoms with van der Waals surface area (Å²) in [4.78, 5) is 0. The topological polar surface area (TPSA) is 0 Å². The Bertz CT molecular complexity index is 652. The first kappa shape index (κ1) is 18.2. The quantitative estimate of drug-likeness (QED) is 0.451. The van der Waals surface area contributed by atoms with Gasteiger partial charge < -0.3 is 0 Å². The maximum absolute atomic E-state index is 13.9. The van der Waals surface area contributed by atoms with Crippen molar-refractivity contribution in [3.8, 4) is 0 Å². The number of halogens is 9. The molecule has 0 aromatic carbocycles. The van der Waals surface area contributed by atoms with Crippen LogP contribution in [0, 0.1) is 5.92 Å². The Morgan fingerprint density at radius 1 is 1.04 bits per heavy atom. The monoisotopic (exact) mass is 408 g/mol. The molecule has 128 valence electrons. The van der Waals surface area contributed by atoms with Crippen molar-refractivity contribution in [2.45, 2.75) is 31.9 Å². The van der Waals surface area contributed by atoms with Gasteiger partial charge in [-0.2, -0.15) is 13.2 Å². The minimum Gasteiger partial charge on any atom is -0.238 e. The van der Waals surface area contributed by atoms with E-state index in [0.717, 1.165) is 6.08 Å². The molecular weight excluding hydrogens is 400 g/mol. The molecular formula is C14H9BrF8. The van der Waals surface area contributed by atoms with Crippen LogP contribution in [0.25, 0.3) is 0 Å². The summed E-state index contributed by atoms with van der Waals surface area (Å²) in [7, 11) is 0. The summed E-state index contributed by atoms with van der Waals surface area (Å²) in [6, 6.07) is 0. The Hall–Kier alpha value is -1.12. The van der Waals surface area contributed by atoms with Crippen LogP contribution in [0.15, 0.2) is 44.8 Å². The molecule has 2 aliphatic carbocycles. The van der Waals surface area contributed by atoms with Gasteiger partial charge in [0.1, 0.15) is 0 Å². The SMILES string of the molecule is CC1=C(Br)C(C(F)(F)F)CC(C2=C(F)C(F)=C(F)C(F)C2F)=C1. The van der Waals surface area contributed by atoms with Gasteiger partial charge in [-0.25, -0.2) is 22.0 Å². The zero-order valence-electron chi connectivity index (χ0n) is 11.4. The van der Waals surface area contributed by atoms with Crippen molar-refractivity contribution < 1.29 is 35.1 Å². The van der Waals surface area contributed by atoms with Crippen LogP contribution in [-0.4, -0.2) is 18.5 Å². The lowest BCUT2D eigenvalue weighted by atomic mass is 9.82. The van der Waals surface area contributed by atoms with Gasteiger partial charge in [0.25, 0.3) is 0 Å². The lowest BCUT2D eigenvalue weighted by Crippen LogP contribution is -2.31. The molecule has 0 spiro atoms. The van der Waals surface area contributed by atoms with Gasteiger partial charge in [-0.05, 0) is 24.5 Å². The van der Waals surface area contributed by atoms with Crippen molar-refractivity contribution in [2.24, 2.45) is 5.92 Å². The third-order valence-electron chi connectivity index (χ3n) is 3.65. The van der Waals surface area contributed by atoms with Crippen LogP contribution in [0.1, 0.15) is 13.3 Å². The van der Waals surface area contributed by atoms with Crippen molar-refractivity contribution in [3.05, 3.63) is 44.8 Å². The van der Waals surface area contributed by atoms with Gasteiger partial charge in [-0.1, -0.05) is 22.0 Å². The summed E-state index contributed by atoms with van der Waals surface area (Å²) in [5, 5.41) is 0. The Kier molecular flexibility index (Phi) is 4.81. The van der Waals surface area contributed by atoms with Gasteiger partial charge in [0.2, 0.25) is 0 Å². The van der Waals surface area contributed by atoms with E-state index >= 15 is 0 Å². The molecule has 2 rings (SSSR count). The molecule has 0 amide bonds. The molecule has 2 aliphatic rings. The first-order valence-electron chi connectivity index (χ1n) is 6.34. The van der Waals surface area contributed by atoms with Crippen molar-refractivity contribution in [1.82, 2.24) is 0 Å². The number of alkyl halides is 5. The molecule has 0 fully saturated rings. The van der Waals surface area contributed by atoms with Crippen molar-refractivity contribution in [1.29, 1.82) is 0 Å². The second-order valence-electron chi connectivity index (χ2n) is 5.19. The molecule has 23 heavy (non-hydrogen) atoms. The zero-order valence-corrected chi connectivity index (χ0v) is 13.0. The molecule has 0 saturated heterocycles. The van der Waals surface area contributed by atoms with E-state index in [9.17, 15) is 35.1 Å². The molecule has 0 aromatic rings. The highest BCUT2D eigenvalue weighted by molar-refractivity contribution is 9.11. The van der Waals surface area contributed by atoms with Crippen LogP contribution in [0.4, 0.5) is 35.1 Å². The summed E-state index contributed by atoms with van der Waals surface area (Å²) in [5.41, 5.74) is -1.76. The van der Waals surface area contributed by atoms with E-state index < -0.39 is 59.5 Å². The third kappa shape index (κ3) is 3.12. The van der Waals surface area contributed by atoms with Crippen LogP contribution in [0.5, 0.6) is 0 Å². The molecule has 9 heteroatoms. The Morgan fingerprint density at radius 2 is 1.61 bits per heavy atom. The maximum Gasteiger partial charge on any atom is 0.396 e. The van der Waals surface area contributed by atoms with Crippen molar-refractivity contribution in [3.63, 3.8) is 0 Å². The molecule has 3 atom stereocenters. The van der Waals surface area contributed by atoms with Gasteiger partial charge in [-0.3, -0.25) is 0 Å². The van der Waals surface area contributed by atoms with Crippen LogP contribution in [0.3, 0.4) is 0 Å². The summed E-state index contributed by atoms with van der Waals surface area (Å²) in [5.74, 6) is -8.58. The molecule has 0 bridgehead atoms. The molecule has 0 aliphatic heterocycles. The average Bonchev–Trinajstić information content (AvgIpc) is 2.45. The van der Waals surface area contributed by atoms with Crippen molar-refractivity contribution in [2.75, 3.05) is 0 Å². The second-order valence-corrected chi connectivity index (χ2v) is 6.05. The van der Waals surface area contributed by atoms with Crippen LogP contribution in [0.2, 0.25) is 0 Å². The summed E-state index contributed by atoms with van der Waals surface area (Å²) in [6.45, 7) is 1.25. The standard InChI is InChI=1S/C14H9BrF8/c1-4-2-5(3-6(8(4)15)14(21,22)23)7-9(16)11(18)13(20)12(19)10(7)17/h2,6,9,11H,3H2,1H3. The fourth-order valence-corrected chi connectivity index (χ4v) is 3.01. The van der Waals surface area contributed by atoms with Gasteiger partial charge in [0, 0.05) is 10.1 Å². The van der Waals surface area contributed by atoms with E-state index in [2.05, 4.69) is 15.9 Å². The van der Waals surface area contributed by atoms with Crippen molar-refractivity contribution >= 4 is 15.9 Å². The number of allylic oxidation sites excluding steroid dienone is 8. The third-order valence-corrected chi connectivity index (χ3v) is 4.83. The minimum absolute atomic E-state index is 0.00640. The normalized spacial score (nSPS) is 30.2. The highest BCUT2D eigenvalue weighted by atomic mass is 79.9. The molecule has 0 heterocycles. The first-order valence-corrected chi connectivity index (χ1v) is 7.13. The van der Waals surface area contributed by atoms with Gasteiger partial charge >= 0.3 is 6.18 Å². The fraction of sp³-hybridized carbons (Fsp3) is 0.429.